The molecule has 0 aromatic carbocycles. The summed E-state index contributed by atoms with van der Waals surface area (Å²) in [6, 6.07) is 3.24. The number of rotatable bonds is 5. The molecule has 0 saturated heterocycles. The van der Waals surface area contributed by atoms with Gasteiger partial charge >= 0.3 is 0 Å². The molecule has 1 aliphatic rings. The van der Waals surface area contributed by atoms with Crippen molar-refractivity contribution in [1.29, 1.82) is 0 Å². The molecule has 26 heavy (non-hydrogen) atoms. The molecule has 0 atom stereocenters. The van der Waals surface area contributed by atoms with Gasteiger partial charge in [-0.2, -0.15) is 0 Å². The van der Waals surface area contributed by atoms with Gasteiger partial charge in [-0.15, -0.1) is 11.7 Å². The van der Waals surface area contributed by atoms with E-state index in [1.54, 1.807) is 16.8 Å². The molecule has 4 rings (SSSR count). The van der Waals surface area contributed by atoms with Gasteiger partial charge in [-0.1, -0.05) is 17.8 Å². The van der Waals surface area contributed by atoms with E-state index in [9.17, 15) is 9.59 Å². The third-order valence-electron chi connectivity index (χ3n) is 4.59. The maximum atomic E-state index is 12.8. The quantitative estimate of drug-likeness (QED) is 0.386. The van der Waals surface area contributed by atoms with Crippen LogP contribution in [0, 0.1) is 0 Å². The van der Waals surface area contributed by atoms with Gasteiger partial charge in [-0.25, -0.2) is 24.0 Å². The molecule has 0 bridgehead atoms. The Labute approximate surface area is 153 Å². The predicted octanol–water partition coefficient (Wildman–Crippen LogP) is 1.77. The highest BCUT2D eigenvalue weighted by Crippen LogP contribution is 2.29. The Hall–Kier alpha value is -2.68. The Bertz CT molecular complexity index is 1110. The van der Waals surface area contributed by atoms with Crippen LogP contribution in [0.15, 0.2) is 45.7 Å². The number of aromatic nitrogens is 6. The van der Waals surface area contributed by atoms with E-state index in [4.69, 9.17) is 0 Å². The average Bonchev–Trinajstić information content (AvgIpc) is 2.87. The monoisotopic (exact) mass is 370 g/mol. The standard InChI is InChI=1S/C17H18N6O2S/c1-3-9-21-16(25)12-10-18-17(26-2)19-15(12)23(21)13-7-8-14(24)22(20-13)11-5-4-6-11/h3,7-8,10-11H,1,4-6,9H2,2H3. The van der Waals surface area contributed by atoms with E-state index in [0.717, 1.165) is 19.3 Å². The molecule has 8 nitrogen and oxygen atoms in total. The molecule has 0 unspecified atom stereocenters. The molecule has 3 aromatic heterocycles. The lowest BCUT2D eigenvalue weighted by atomic mass is 9.93. The Morgan fingerprint density at radius 2 is 2.15 bits per heavy atom. The summed E-state index contributed by atoms with van der Waals surface area (Å²) in [4.78, 5) is 33.7. The molecular weight excluding hydrogens is 352 g/mol. The van der Waals surface area contributed by atoms with Crippen molar-refractivity contribution in [2.24, 2.45) is 0 Å². The largest absolute Gasteiger partial charge is 0.278 e. The highest BCUT2D eigenvalue weighted by molar-refractivity contribution is 7.98. The fourth-order valence-corrected chi connectivity index (χ4v) is 3.39. The number of thioether (sulfide) groups is 1. The van der Waals surface area contributed by atoms with Crippen molar-refractivity contribution in [3.05, 3.63) is 51.7 Å². The molecule has 0 radical (unpaired) electrons. The van der Waals surface area contributed by atoms with Gasteiger partial charge in [0, 0.05) is 12.3 Å². The highest BCUT2D eigenvalue weighted by Gasteiger charge is 2.23. The molecule has 1 saturated carbocycles. The van der Waals surface area contributed by atoms with E-state index in [1.807, 2.05) is 6.26 Å². The fourth-order valence-electron chi connectivity index (χ4n) is 3.05. The van der Waals surface area contributed by atoms with E-state index in [0.29, 0.717) is 28.6 Å². The number of allylic oxidation sites excluding steroid dienone is 1. The summed E-state index contributed by atoms with van der Waals surface area (Å²) in [6.07, 6.45) is 8.04. The third kappa shape index (κ3) is 2.59. The van der Waals surface area contributed by atoms with Gasteiger partial charge in [-0.05, 0) is 31.6 Å². The van der Waals surface area contributed by atoms with Gasteiger partial charge in [-0.3, -0.25) is 9.59 Å². The zero-order valence-electron chi connectivity index (χ0n) is 14.3. The van der Waals surface area contributed by atoms with Crippen LogP contribution in [0.5, 0.6) is 0 Å². The molecular formula is C17H18N6O2S. The fraction of sp³-hybridized carbons (Fsp3) is 0.353. The smallest absolute Gasteiger partial charge is 0.268 e. The van der Waals surface area contributed by atoms with E-state index >= 15 is 0 Å². The van der Waals surface area contributed by atoms with Gasteiger partial charge in [0.2, 0.25) is 0 Å². The van der Waals surface area contributed by atoms with Crippen molar-refractivity contribution < 1.29 is 0 Å². The molecule has 0 amide bonds. The second-order valence-electron chi connectivity index (χ2n) is 6.14. The first kappa shape index (κ1) is 16.8. The minimum atomic E-state index is -0.212. The van der Waals surface area contributed by atoms with E-state index in [-0.39, 0.29) is 17.2 Å². The van der Waals surface area contributed by atoms with Crippen molar-refractivity contribution in [3.63, 3.8) is 0 Å². The minimum Gasteiger partial charge on any atom is -0.268 e. The van der Waals surface area contributed by atoms with Crippen LogP contribution < -0.4 is 11.1 Å². The zero-order valence-corrected chi connectivity index (χ0v) is 15.1. The maximum Gasteiger partial charge on any atom is 0.278 e. The van der Waals surface area contributed by atoms with Crippen LogP contribution in [0.1, 0.15) is 25.3 Å². The van der Waals surface area contributed by atoms with Gasteiger partial charge in [0.25, 0.3) is 11.1 Å². The van der Waals surface area contributed by atoms with Crippen LogP contribution in [0.2, 0.25) is 0 Å². The molecule has 0 aliphatic heterocycles. The molecule has 1 fully saturated rings. The average molecular weight is 370 g/mol. The highest BCUT2D eigenvalue weighted by atomic mass is 32.2. The summed E-state index contributed by atoms with van der Waals surface area (Å²) in [7, 11) is 0. The van der Waals surface area contributed by atoms with Crippen LogP contribution in [0.25, 0.3) is 16.9 Å². The Balaban J connectivity index is 2.00. The molecule has 3 aromatic rings. The first-order chi connectivity index (χ1) is 12.6. The summed E-state index contributed by atoms with van der Waals surface area (Å²) < 4.78 is 4.67. The van der Waals surface area contributed by atoms with E-state index < -0.39 is 0 Å². The summed E-state index contributed by atoms with van der Waals surface area (Å²) in [5.74, 6) is 0.483. The molecule has 1 aliphatic carbocycles. The Kier molecular flexibility index (Phi) is 4.23. The van der Waals surface area contributed by atoms with Gasteiger partial charge in [0.15, 0.2) is 16.6 Å². The van der Waals surface area contributed by atoms with Crippen molar-refractivity contribution in [1.82, 2.24) is 29.1 Å². The summed E-state index contributed by atoms with van der Waals surface area (Å²) in [5.41, 5.74) is 0.130. The molecule has 9 heteroatoms. The molecule has 0 N–H and O–H groups in total. The summed E-state index contributed by atoms with van der Waals surface area (Å²) in [5, 5.41) is 5.51. The number of nitrogens with zero attached hydrogens (tertiary/aromatic N) is 6. The van der Waals surface area contributed by atoms with E-state index in [2.05, 4.69) is 21.6 Å². The molecule has 0 spiro atoms. The maximum absolute atomic E-state index is 12.8. The first-order valence-electron chi connectivity index (χ1n) is 8.37. The lowest BCUT2D eigenvalue weighted by Gasteiger charge is -2.26. The molecule has 3 heterocycles. The van der Waals surface area contributed by atoms with Gasteiger partial charge in [0.05, 0.1) is 12.6 Å². The van der Waals surface area contributed by atoms with Crippen molar-refractivity contribution >= 4 is 22.8 Å². The predicted molar refractivity (Wildman–Crippen MR) is 100 cm³/mol. The van der Waals surface area contributed by atoms with E-state index in [1.165, 1.54) is 33.4 Å². The van der Waals surface area contributed by atoms with Crippen LogP contribution in [-0.2, 0) is 6.54 Å². The summed E-state index contributed by atoms with van der Waals surface area (Å²) in [6.45, 7) is 4.03. The normalized spacial score (nSPS) is 14.5. The summed E-state index contributed by atoms with van der Waals surface area (Å²) >= 11 is 1.40. The third-order valence-corrected chi connectivity index (χ3v) is 5.15. The van der Waals surface area contributed by atoms with Crippen LogP contribution in [0.3, 0.4) is 0 Å². The minimum absolute atomic E-state index is 0.125. The Morgan fingerprint density at radius 3 is 2.81 bits per heavy atom. The lowest BCUT2D eigenvalue weighted by molar-refractivity contribution is 0.277. The number of fused-ring (bicyclic) bond motifs is 1. The van der Waals surface area contributed by atoms with Crippen molar-refractivity contribution in [2.75, 3.05) is 6.26 Å². The van der Waals surface area contributed by atoms with Crippen LogP contribution in [0.4, 0.5) is 0 Å². The molecule has 134 valence electrons. The van der Waals surface area contributed by atoms with Crippen molar-refractivity contribution in [3.8, 4) is 5.82 Å². The SMILES string of the molecule is C=CCn1c(=O)c2cnc(SC)nc2n1-c1ccc(=O)n(C2CCC2)n1. The zero-order chi connectivity index (χ0) is 18.3. The van der Waals surface area contributed by atoms with Crippen LogP contribution >= 0.6 is 11.8 Å². The lowest BCUT2D eigenvalue weighted by Crippen LogP contribution is -2.32. The van der Waals surface area contributed by atoms with Crippen molar-refractivity contribution in [2.45, 2.75) is 37.0 Å². The number of hydrogen-bond donors (Lipinski definition) is 0. The second-order valence-corrected chi connectivity index (χ2v) is 6.91. The second kappa shape index (κ2) is 6.56. The number of hydrogen-bond acceptors (Lipinski definition) is 6. The Morgan fingerprint density at radius 1 is 1.35 bits per heavy atom. The van der Waals surface area contributed by atoms with Gasteiger partial charge in [0.1, 0.15) is 5.39 Å². The first-order valence-corrected chi connectivity index (χ1v) is 9.60. The van der Waals surface area contributed by atoms with Gasteiger partial charge < -0.3 is 0 Å². The topological polar surface area (TPSA) is 87.6 Å². The van der Waals surface area contributed by atoms with Crippen LogP contribution in [-0.4, -0.2) is 35.4 Å².